The largest absolute Gasteiger partial charge is 0.471 e. The predicted octanol–water partition coefficient (Wildman–Crippen LogP) is 4.85. The lowest BCUT2D eigenvalue weighted by atomic mass is 9.97. The zero-order chi connectivity index (χ0) is 35.0. The molecule has 0 radical (unpaired) electrons. The van der Waals surface area contributed by atoms with E-state index in [1.807, 2.05) is 0 Å². The van der Waals surface area contributed by atoms with Gasteiger partial charge in [0.1, 0.15) is 23.8 Å². The number of halogens is 5. The van der Waals surface area contributed by atoms with E-state index in [1.165, 1.54) is 66.5 Å². The summed E-state index contributed by atoms with van der Waals surface area (Å²) >= 11 is 0. The number of carbonyl (C=O) groups excluding carboxylic acids is 3. The van der Waals surface area contributed by atoms with Gasteiger partial charge >= 0.3 is 12.1 Å². The predicted molar refractivity (Wildman–Crippen MR) is 167 cm³/mol. The van der Waals surface area contributed by atoms with E-state index in [0.717, 1.165) is 10.6 Å². The first-order chi connectivity index (χ1) is 22.6. The molecule has 1 aliphatic rings. The zero-order valence-corrected chi connectivity index (χ0v) is 26.4. The van der Waals surface area contributed by atoms with Gasteiger partial charge in [-0.05, 0) is 48.0 Å². The normalized spacial score (nSPS) is 13.9. The van der Waals surface area contributed by atoms with Crippen LogP contribution in [0.5, 0.6) is 0 Å². The molecule has 0 unspecified atom stereocenters. The van der Waals surface area contributed by atoms with Crippen LogP contribution in [0, 0.1) is 5.82 Å². The Morgan fingerprint density at radius 3 is 2.17 bits per heavy atom. The molecule has 1 aromatic heterocycles. The average molecular weight is 693 g/mol. The lowest BCUT2D eigenvalue weighted by Gasteiger charge is -2.35. The summed E-state index contributed by atoms with van der Waals surface area (Å²) in [6, 6.07) is 14.0. The summed E-state index contributed by atoms with van der Waals surface area (Å²) in [6.45, 7) is -2.57. The third-order valence-corrected chi connectivity index (χ3v) is 9.02. The zero-order valence-electron chi connectivity index (χ0n) is 25.6. The Balaban J connectivity index is 1.63. The Kier molecular flexibility index (Phi) is 9.48. The number of fused-ring (bicyclic) bond motifs is 1. The highest BCUT2D eigenvalue weighted by molar-refractivity contribution is 7.92. The molecule has 1 aliphatic heterocycles. The molecule has 1 fully saturated rings. The minimum absolute atomic E-state index is 0.0191. The van der Waals surface area contributed by atoms with Crippen molar-refractivity contribution >= 4 is 44.4 Å². The van der Waals surface area contributed by atoms with Crippen molar-refractivity contribution in [1.29, 1.82) is 0 Å². The third-order valence-electron chi connectivity index (χ3n) is 7.84. The summed E-state index contributed by atoms with van der Waals surface area (Å²) in [4.78, 5) is 40.2. The van der Waals surface area contributed by atoms with Crippen molar-refractivity contribution in [3.8, 4) is 22.5 Å². The van der Waals surface area contributed by atoms with E-state index >= 15 is 0 Å². The van der Waals surface area contributed by atoms with Crippen LogP contribution < -0.4 is 9.62 Å². The number of anilines is 1. The molecule has 0 bridgehead atoms. The molecule has 254 valence electrons. The number of nitrogens with one attached hydrogen (secondary N) is 1. The number of hydrogen-bond acceptors (Lipinski definition) is 6. The second-order valence-corrected chi connectivity index (χ2v) is 12.9. The summed E-state index contributed by atoms with van der Waals surface area (Å²) in [5.41, 5.74) is 1.05. The van der Waals surface area contributed by atoms with Crippen LogP contribution in [0.1, 0.15) is 20.7 Å². The van der Waals surface area contributed by atoms with Crippen molar-refractivity contribution in [1.82, 2.24) is 15.1 Å². The molecule has 0 spiro atoms. The van der Waals surface area contributed by atoms with Crippen LogP contribution in [0.2, 0.25) is 0 Å². The number of amides is 3. The van der Waals surface area contributed by atoms with Crippen LogP contribution >= 0.6 is 0 Å². The monoisotopic (exact) mass is 692 g/mol. The standard InChI is InChI=1S/C32H29F5N4O6S/c1-38-29(42)27-24-17-23(20-4-3-5-21(16-20)30(43)39-12-14-40(15-13-39)31(44)32(35,36)37)25(41(11-10-33)48(2,45)46)18-26(24)47-28(27)19-6-8-22(34)9-7-19/h3-9,16-18H,10-15H2,1-2H3,(H,38,42). The number of hydrogen-bond donors (Lipinski definition) is 1. The van der Waals surface area contributed by atoms with Gasteiger partial charge in [-0.25, -0.2) is 17.2 Å². The molecule has 1 saturated heterocycles. The van der Waals surface area contributed by atoms with Gasteiger partial charge in [0.05, 0.1) is 24.1 Å². The van der Waals surface area contributed by atoms with Gasteiger partial charge < -0.3 is 19.5 Å². The number of furan rings is 1. The highest BCUT2D eigenvalue weighted by Gasteiger charge is 2.43. The summed E-state index contributed by atoms with van der Waals surface area (Å²) < 4.78 is 98.8. The summed E-state index contributed by atoms with van der Waals surface area (Å²) in [6.07, 6.45) is -4.14. The number of carbonyl (C=O) groups is 3. The van der Waals surface area contributed by atoms with Crippen molar-refractivity contribution in [2.24, 2.45) is 0 Å². The highest BCUT2D eigenvalue weighted by atomic mass is 32.2. The van der Waals surface area contributed by atoms with Crippen LogP contribution in [-0.4, -0.2) is 94.8 Å². The Morgan fingerprint density at radius 2 is 1.58 bits per heavy atom. The number of nitrogens with zero attached hydrogens (tertiary/aromatic N) is 3. The Labute approximate surface area is 271 Å². The van der Waals surface area contributed by atoms with E-state index in [9.17, 15) is 44.8 Å². The lowest BCUT2D eigenvalue weighted by molar-refractivity contribution is -0.186. The Hall–Kier alpha value is -4.99. The molecular formula is C32H29F5N4O6S. The number of rotatable bonds is 8. The third kappa shape index (κ3) is 6.83. The van der Waals surface area contributed by atoms with Crippen molar-refractivity contribution in [2.75, 3.05) is 57.0 Å². The summed E-state index contributed by atoms with van der Waals surface area (Å²) in [5.74, 6) is -3.56. The smallest absolute Gasteiger partial charge is 0.455 e. The number of alkyl halides is 4. The van der Waals surface area contributed by atoms with Gasteiger partial charge in [0.2, 0.25) is 10.0 Å². The van der Waals surface area contributed by atoms with Gasteiger partial charge in [-0.3, -0.25) is 18.7 Å². The molecule has 48 heavy (non-hydrogen) atoms. The van der Waals surface area contributed by atoms with Gasteiger partial charge in [-0.2, -0.15) is 13.2 Å². The van der Waals surface area contributed by atoms with E-state index in [1.54, 1.807) is 6.07 Å². The lowest BCUT2D eigenvalue weighted by Crippen LogP contribution is -2.53. The Morgan fingerprint density at radius 1 is 0.938 bits per heavy atom. The van der Waals surface area contributed by atoms with Crippen molar-refractivity contribution in [3.05, 3.63) is 77.6 Å². The van der Waals surface area contributed by atoms with Crippen LogP contribution in [0.4, 0.5) is 27.6 Å². The average Bonchev–Trinajstić information content (AvgIpc) is 3.43. The number of piperazine rings is 1. The summed E-state index contributed by atoms with van der Waals surface area (Å²) in [5, 5.41) is 2.77. The van der Waals surface area contributed by atoms with Crippen molar-refractivity contribution in [3.63, 3.8) is 0 Å². The number of sulfonamides is 1. The summed E-state index contributed by atoms with van der Waals surface area (Å²) in [7, 11) is -2.69. The van der Waals surface area contributed by atoms with Crippen molar-refractivity contribution in [2.45, 2.75) is 6.18 Å². The van der Waals surface area contributed by atoms with Crippen molar-refractivity contribution < 1.29 is 49.2 Å². The molecule has 4 aromatic rings. The maximum atomic E-state index is 13.7. The fraction of sp³-hybridized carbons (Fsp3) is 0.281. The molecule has 10 nitrogen and oxygen atoms in total. The molecular weight excluding hydrogens is 663 g/mol. The van der Waals surface area contributed by atoms with E-state index < -0.39 is 53.0 Å². The van der Waals surface area contributed by atoms with Crippen LogP contribution in [-0.2, 0) is 14.8 Å². The van der Waals surface area contributed by atoms with Gasteiger partial charge in [-0.15, -0.1) is 0 Å². The van der Waals surface area contributed by atoms with E-state index in [4.69, 9.17) is 4.42 Å². The molecule has 3 amide bonds. The maximum absolute atomic E-state index is 13.7. The minimum Gasteiger partial charge on any atom is -0.455 e. The topological polar surface area (TPSA) is 120 Å². The minimum atomic E-state index is -5.03. The molecule has 1 N–H and O–H groups in total. The second-order valence-electron chi connectivity index (χ2n) is 10.9. The first-order valence-corrected chi connectivity index (χ1v) is 16.4. The van der Waals surface area contributed by atoms with E-state index in [-0.39, 0.29) is 65.3 Å². The van der Waals surface area contributed by atoms with E-state index in [2.05, 4.69) is 5.32 Å². The van der Waals surface area contributed by atoms with Crippen LogP contribution in [0.3, 0.4) is 0 Å². The second kappa shape index (κ2) is 13.3. The fourth-order valence-electron chi connectivity index (χ4n) is 5.56. The quantitative estimate of drug-likeness (QED) is 0.264. The van der Waals surface area contributed by atoms with Gasteiger partial charge in [0.15, 0.2) is 0 Å². The van der Waals surface area contributed by atoms with Crippen LogP contribution in [0.15, 0.2) is 65.1 Å². The molecule has 3 aromatic carbocycles. The number of benzene rings is 3. The SMILES string of the molecule is CNC(=O)c1c(-c2ccc(F)cc2)oc2cc(N(CCF)S(C)(=O)=O)c(-c3cccc(C(=O)N4CCN(C(=O)C(F)(F)F)CC4)c3)cc12. The van der Waals surface area contributed by atoms with Gasteiger partial charge in [0, 0.05) is 61.4 Å². The Bertz CT molecular complexity index is 1990. The molecule has 5 rings (SSSR count). The first kappa shape index (κ1) is 34.3. The molecule has 0 aliphatic carbocycles. The first-order valence-electron chi connectivity index (χ1n) is 14.5. The van der Waals surface area contributed by atoms with E-state index in [0.29, 0.717) is 16.0 Å². The molecule has 0 saturated carbocycles. The molecule has 2 heterocycles. The molecule has 16 heteroatoms. The fourth-order valence-corrected chi connectivity index (χ4v) is 6.47. The van der Waals surface area contributed by atoms with Crippen LogP contribution in [0.25, 0.3) is 33.4 Å². The highest BCUT2D eigenvalue weighted by Crippen LogP contribution is 2.42. The molecule has 0 atom stereocenters. The van der Waals surface area contributed by atoms with Gasteiger partial charge in [0.25, 0.3) is 11.8 Å². The van der Waals surface area contributed by atoms with Gasteiger partial charge in [-0.1, -0.05) is 12.1 Å². The maximum Gasteiger partial charge on any atom is 0.471 e.